The first kappa shape index (κ1) is 16.4. The molecule has 0 aliphatic carbocycles. The molecule has 0 spiro atoms. The molecule has 25 heavy (non-hydrogen) atoms. The summed E-state index contributed by atoms with van der Waals surface area (Å²) >= 11 is 0. The summed E-state index contributed by atoms with van der Waals surface area (Å²) in [6.07, 6.45) is 2.81. The number of hydrogen-bond donors (Lipinski definition) is 0. The van der Waals surface area contributed by atoms with E-state index in [1.807, 2.05) is 0 Å². The average Bonchev–Trinajstić information content (AvgIpc) is 2.89. The average molecular weight is 337 g/mol. The summed E-state index contributed by atoms with van der Waals surface area (Å²) in [6.45, 7) is -0.419. The normalized spacial score (nSPS) is 13.2. The van der Waals surface area contributed by atoms with E-state index in [2.05, 4.69) is 0 Å². The highest BCUT2D eigenvalue weighted by Gasteiger charge is 2.35. The van der Waals surface area contributed by atoms with Crippen molar-refractivity contribution in [3.63, 3.8) is 0 Å². The molecule has 1 aliphatic heterocycles. The first-order chi connectivity index (χ1) is 12.1. The third-order valence-electron chi connectivity index (χ3n) is 3.74. The molecule has 0 saturated heterocycles. The van der Waals surface area contributed by atoms with Gasteiger partial charge in [0.2, 0.25) is 0 Å². The molecule has 0 saturated carbocycles. The van der Waals surface area contributed by atoms with Gasteiger partial charge in [-0.1, -0.05) is 24.3 Å². The lowest BCUT2D eigenvalue weighted by molar-refractivity contribution is -0.140. The van der Waals surface area contributed by atoms with E-state index in [0.29, 0.717) is 16.9 Å². The summed E-state index contributed by atoms with van der Waals surface area (Å²) in [5.41, 5.74) is 1.42. The topological polar surface area (TPSA) is 72.9 Å². The van der Waals surface area contributed by atoms with Crippen LogP contribution >= 0.6 is 0 Å². The quantitative estimate of drug-likeness (QED) is 0.476. The molecule has 2 aromatic carbocycles. The van der Waals surface area contributed by atoms with Crippen LogP contribution in [-0.2, 0) is 9.53 Å². The number of methoxy groups -OCH3 is 1. The summed E-state index contributed by atoms with van der Waals surface area (Å²) in [6, 6.07) is 13.6. The van der Waals surface area contributed by atoms with Gasteiger partial charge in [0.25, 0.3) is 11.8 Å². The molecule has 0 aromatic heterocycles. The molecular formula is C19H15NO5. The van der Waals surface area contributed by atoms with Crippen molar-refractivity contribution in [2.45, 2.75) is 0 Å². The fourth-order valence-electron chi connectivity index (χ4n) is 2.41. The van der Waals surface area contributed by atoms with Gasteiger partial charge < -0.3 is 9.47 Å². The van der Waals surface area contributed by atoms with Crippen molar-refractivity contribution in [3.05, 3.63) is 71.3 Å². The van der Waals surface area contributed by atoms with Crippen molar-refractivity contribution in [1.29, 1.82) is 0 Å². The Morgan fingerprint density at radius 3 is 2.16 bits per heavy atom. The number of imide groups is 1. The van der Waals surface area contributed by atoms with E-state index in [1.54, 1.807) is 61.7 Å². The molecular weight excluding hydrogens is 322 g/mol. The molecule has 2 amide bonds. The number of esters is 1. The summed E-state index contributed by atoms with van der Waals surface area (Å²) in [5, 5.41) is 0. The smallest absolute Gasteiger partial charge is 0.332 e. The van der Waals surface area contributed by atoms with E-state index < -0.39 is 24.5 Å². The fraction of sp³-hybridized carbons (Fsp3) is 0.105. The summed E-state index contributed by atoms with van der Waals surface area (Å²) in [4.78, 5) is 37.0. The number of amides is 2. The van der Waals surface area contributed by atoms with E-state index in [-0.39, 0.29) is 0 Å². The van der Waals surface area contributed by atoms with Gasteiger partial charge in [-0.25, -0.2) is 9.69 Å². The van der Waals surface area contributed by atoms with Gasteiger partial charge in [-0.05, 0) is 35.9 Å². The van der Waals surface area contributed by atoms with Crippen molar-refractivity contribution < 1.29 is 23.9 Å². The van der Waals surface area contributed by atoms with Crippen LogP contribution in [0, 0.1) is 0 Å². The Bertz CT molecular complexity index is 819. The SMILES string of the molecule is COc1ccc(C=CC(=O)OCN2C(=O)c3ccccc3C2=O)cc1. The molecule has 0 radical (unpaired) electrons. The zero-order chi connectivity index (χ0) is 17.8. The van der Waals surface area contributed by atoms with E-state index in [1.165, 1.54) is 6.08 Å². The number of carbonyl (C=O) groups is 3. The highest BCUT2D eigenvalue weighted by molar-refractivity contribution is 6.21. The Labute approximate surface area is 144 Å². The molecule has 0 N–H and O–H groups in total. The fourth-order valence-corrected chi connectivity index (χ4v) is 2.41. The highest BCUT2D eigenvalue weighted by Crippen LogP contribution is 2.22. The van der Waals surface area contributed by atoms with Gasteiger partial charge in [0, 0.05) is 6.08 Å². The Morgan fingerprint density at radius 1 is 1.00 bits per heavy atom. The predicted molar refractivity (Wildman–Crippen MR) is 89.9 cm³/mol. The second-order valence-electron chi connectivity index (χ2n) is 5.28. The molecule has 3 rings (SSSR count). The van der Waals surface area contributed by atoms with Gasteiger partial charge >= 0.3 is 5.97 Å². The minimum Gasteiger partial charge on any atom is -0.497 e. The number of carbonyl (C=O) groups excluding carboxylic acids is 3. The van der Waals surface area contributed by atoms with Crippen LogP contribution in [-0.4, -0.2) is 36.5 Å². The largest absolute Gasteiger partial charge is 0.497 e. The molecule has 6 heteroatoms. The summed E-state index contributed by atoms with van der Waals surface area (Å²) in [5.74, 6) is -0.863. The van der Waals surface area contributed by atoms with Crippen LogP contribution in [0.3, 0.4) is 0 Å². The zero-order valence-electron chi connectivity index (χ0n) is 13.5. The second-order valence-corrected chi connectivity index (χ2v) is 5.28. The van der Waals surface area contributed by atoms with Gasteiger partial charge in [-0.15, -0.1) is 0 Å². The van der Waals surface area contributed by atoms with Crippen LogP contribution in [0.4, 0.5) is 0 Å². The van der Waals surface area contributed by atoms with E-state index in [4.69, 9.17) is 9.47 Å². The van der Waals surface area contributed by atoms with Crippen LogP contribution < -0.4 is 4.74 Å². The van der Waals surface area contributed by atoms with Crippen molar-refractivity contribution in [2.24, 2.45) is 0 Å². The van der Waals surface area contributed by atoms with Crippen LogP contribution in [0.15, 0.2) is 54.6 Å². The predicted octanol–water partition coefficient (Wildman–Crippen LogP) is 2.51. The standard InChI is InChI=1S/C19H15NO5/c1-24-14-9-6-13(7-10-14)8-11-17(21)25-12-20-18(22)15-4-2-3-5-16(15)19(20)23/h2-11H,12H2,1H3. The van der Waals surface area contributed by atoms with Gasteiger partial charge in [0.1, 0.15) is 5.75 Å². The molecule has 0 fully saturated rings. The molecule has 0 bridgehead atoms. The molecule has 0 unspecified atom stereocenters. The van der Waals surface area contributed by atoms with Gasteiger partial charge in [0.05, 0.1) is 18.2 Å². The molecule has 6 nitrogen and oxygen atoms in total. The van der Waals surface area contributed by atoms with E-state index >= 15 is 0 Å². The van der Waals surface area contributed by atoms with Crippen LogP contribution in [0.25, 0.3) is 6.08 Å². The van der Waals surface area contributed by atoms with E-state index in [0.717, 1.165) is 10.5 Å². The molecule has 0 atom stereocenters. The molecule has 126 valence electrons. The van der Waals surface area contributed by atoms with E-state index in [9.17, 15) is 14.4 Å². The van der Waals surface area contributed by atoms with Crippen molar-refractivity contribution >= 4 is 23.9 Å². The van der Waals surface area contributed by atoms with Crippen LogP contribution in [0.5, 0.6) is 5.75 Å². The van der Waals surface area contributed by atoms with Crippen LogP contribution in [0.1, 0.15) is 26.3 Å². The van der Waals surface area contributed by atoms with Crippen molar-refractivity contribution in [1.82, 2.24) is 4.90 Å². The maximum Gasteiger partial charge on any atom is 0.332 e. The number of fused-ring (bicyclic) bond motifs is 1. The minimum absolute atomic E-state index is 0.317. The highest BCUT2D eigenvalue weighted by atomic mass is 16.5. The number of hydrogen-bond acceptors (Lipinski definition) is 5. The second kappa shape index (κ2) is 7.00. The summed E-state index contributed by atoms with van der Waals surface area (Å²) < 4.78 is 10.1. The zero-order valence-corrected chi connectivity index (χ0v) is 13.5. The Kier molecular flexibility index (Phi) is 4.61. The molecule has 1 aliphatic rings. The maximum absolute atomic E-state index is 12.1. The number of rotatable bonds is 5. The van der Waals surface area contributed by atoms with Gasteiger partial charge in [-0.3, -0.25) is 9.59 Å². The number of benzene rings is 2. The third kappa shape index (κ3) is 3.42. The Hall–Kier alpha value is -3.41. The van der Waals surface area contributed by atoms with Crippen molar-refractivity contribution in [2.75, 3.05) is 13.8 Å². The lowest BCUT2D eigenvalue weighted by Crippen LogP contribution is -2.32. The number of nitrogens with zero attached hydrogens (tertiary/aromatic N) is 1. The maximum atomic E-state index is 12.1. The van der Waals surface area contributed by atoms with Crippen LogP contribution in [0.2, 0.25) is 0 Å². The first-order valence-corrected chi connectivity index (χ1v) is 7.54. The number of ether oxygens (including phenoxy) is 2. The van der Waals surface area contributed by atoms with Gasteiger partial charge in [0.15, 0.2) is 6.73 Å². The molecule has 1 heterocycles. The van der Waals surface area contributed by atoms with Gasteiger partial charge in [-0.2, -0.15) is 0 Å². The van der Waals surface area contributed by atoms with Crippen molar-refractivity contribution in [3.8, 4) is 5.75 Å². The lowest BCUT2D eigenvalue weighted by atomic mass is 10.1. The Balaban J connectivity index is 1.58. The lowest BCUT2D eigenvalue weighted by Gasteiger charge is -2.12. The third-order valence-corrected chi connectivity index (χ3v) is 3.74. The Morgan fingerprint density at radius 2 is 1.60 bits per heavy atom. The monoisotopic (exact) mass is 337 g/mol. The minimum atomic E-state index is -0.646. The summed E-state index contributed by atoms with van der Waals surface area (Å²) in [7, 11) is 1.57. The molecule has 2 aromatic rings. The first-order valence-electron chi connectivity index (χ1n) is 7.54.